The van der Waals surface area contributed by atoms with E-state index in [0.29, 0.717) is 5.69 Å². The number of hydrogen-bond acceptors (Lipinski definition) is 5. The van der Waals surface area contributed by atoms with E-state index in [1.165, 1.54) is 0 Å². The highest BCUT2D eigenvalue weighted by molar-refractivity contribution is 6.74. The minimum atomic E-state index is -2.29. The van der Waals surface area contributed by atoms with Gasteiger partial charge in [0.05, 0.1) is 22.2 Å². The van der Waals surface area contributed by atoms with E-state index in [1.807, 2.05) is 0 Å². The molecule has 1 amide bonds. The first-order valence-electron chi connectivity index (χ1n) is 10.1. The first kappa shape index (κ1) is 25.6. The van der Waals surface area contributed by atoms with Gasteiger partial charge in [-0.1, -0.05) is 44.0 Å². The average molecular weight is 481 g/mol. The molecule has 30 heavy (non-hydrogen) atoms. The van der Waals surface area contributed by atoms with E-state index in [9.17, 15) is 15.0 Å². The van der Waals surface area contributed by atoms with Crippen molar-refractivity contribution in [1.29, 1.82) is 0 Å². The van der Waals surface area contributed by atoms with Crippen molar-refractivity contribution in [3.8, 4) is 0 Å². The lowest BCUT2D eigenvalue weighted by Crippen LogP contribution is -2.68. The number of halogens is 2. The quantitative estimate of drug-likeness (QED) is 0.476. The van der Waals surface area contributed by atoms with Gasteiger partial charge >= 0.3 is 0 Å². The number of ether oxygens (including phenoxy) is 1. The topological polar surface area (TPSA) is 104 Å². The molecule has 7 nitrogen and oxygen atoms in total. The van der Waals surface area contributed by atoms with Crippen LogP contribution in [0.15, 0.2) is 0 Å². The van der Waals surface area contributed by atoms with Crippen LogP contribution in [0.4, 0.5) is 0 Å². The highest BCUT2D eigenvalue weighted by Gasteiger charge is 2.54. The second-order valence-corrected chi connectivity index (χ2v) is 15.3. The molecule has 0 spiro atoms. The number of nitrogens with one attached hydrogen (secondary N) is 2. The maximum Gasteiger partial charge on any atom is 0.269 e. The molecule has 1 fully saturated rings. The second-order valence-electron chi connectivity index (χ2n) is 9.74. The number of aliphatic hydroxyl groups is 2. The standard InChI is InChI=1S/C20H34Cl2N2O5Si/c1-10-14(21)15(22)16(23-10)18(26)24-12(3)20(27)9-13(25)28-11(2)17(20)29-30(7,8)19(4,5)6/h11-13,17,23,25,27H,9H2,1-8H3,(H,24,26)/t11-,12+,13?,17-,20-/m1/s1. The Morgan fingerprint density at radius 2 is 1.93 bits per heavy atom. The molecule has 0 saturated carbocycles. The number of H-pyrrole nitrogens is 1. The van der Waals surface area contributed by atoms with Gasteiger partial charge in [0.25, 0.3) is 5.91 Å². The van der Waals surface area contributed by atoms with Gasteiger partial charge in [-0.05, 0) is 38.9 Å². The zero-order valence-electron chi connectivity index (χ0n) is 18.9. The summed E-state index contributed by atoms with van der Waals surface area (Å²) in [5.74, 6) is -0.504. The summed E-state index contributed by atoms with van der Waals surface area (Å²) in [7, 11) is -2.29. The molecule has 1 aromatic heterocycles. The summed E-state index contributed by atoms with van der Waals surface area (Å²) >= 11 is 12.2. The Morgan fingerprint density at radius 3 is 2.40 bits per heavy atom. The van der Waals surface area contributed by atoms with Crippen molar-refractivity contribution in [2.24, 2.45) is 0 Å². The largest absolute Gasteiger partial charge is 0.408 e. The van der Waals surface area contributed by atoms with E-state index < -0.39 is 44.4 Å². The Hall–Kier alpha value is -0.613. The summed E-state index contributed by atoms with van der Waals surface area (Å²) in [5, 5.41) is 25.0. The van der Waals surface area contributed by atoms with E-state index in [0.717, 1.165) is 0 Å². The lowest BCUT2D eigenvalue weighted by atomic mass is 9.81. The lowest BCUT2D eigenvalue weighted by Gasteiger charge is -2.52. The number of carbonyl (C=O) groups is 1. The van der Waals surface area contributed by atoms with Crippen LogP contribution >= 0.6 is 23.2 Å². The molecule has 5 atom stereocenters. The van der Waals surface area contributed by atoms with Gasteiger partial charge in [-0.2, -0.15) is 0 Å². The summed E-state index contributed by atoms with van der Waals surface area (Å²) in [6.07, 6.45) is -2.58. The fraction of sp³-hybridized carbons (Fsp3) is 0.750. The van der Waals surface area contributed by atoms with Crippen LogP contribution in [-0.4, -0.2) is 59.6 Å². The summed E-state index contributed by atoms with van der Waals surface area (Å²) in [6.45, 7) is 15.6. The molecule has 2 rings (SSSR count). The minimum Gasteiger partial charge on any atom is -0.408 e. The van der Waals surface area contributed by atoms with Crippen LogP contribution in [0.2, 0.25) is 28.2 Å². The third-order valence-corrected chi connectivity index (χ3v) is 11.8. The number of carbonyl (C=O) groups excluding carboxylic acids is 1. The predicted molar refractivity (Wildman–Crippen MR) is 121 cm³/mol. The second kappa shape index (κ2) is 8.73. The molecule has 0 radical (unpaired) electrons. The highest BCUT2D eigenvalue weighted by atomic mass is 35.5. The molecule has 2 heterocycles. The van der Waals surface area contributed by atoms with Crippen molar-refractivity contribution in [1.82, 2.24) is 10.3 Å². The molecule has 172 valence electrons. The van der Waals surface area contributed by atoms with Gasteiger partial charge in [-0.25, -0.2) is 0 Å². The fourth-order valence-electron chi connectivity index (χ4n) is 3.41. The van der Waals surface area contributed by atoms with Crippen LogP contribution < -0.4 is 5.32 Å². The summed E-state index contributed by atoms with van der Waals surface area (Å²) < 4.78 is 12.1. The number of hydrogen-bond donors (Lipinski definition) is 4. The Morgan fingerprint density at radius 1 is 1.37 bits per heavy atom. The van der Waals surface area contributed by atoms with E-state index in [1.54, 1.807) is 20.8 Å². The smallest absolute Gasteiger partial charge is 0.269 e. The van der Waals surface area contributed by atoms with Crippen LogP contribution in [0.25, 0.3) is 0 Å². The zero-order valence-corrected chi connectivity index (χ0v) is 21.4. The molecular formula is C20H34Cl2N2O5Si. The van der Waals surface area contributed by atoms with E-state index in [2.05, 4.69) is 44.2 Å². The Balaban J connectivity index is 2.32. The number of aryl methyl sites for hydroxylation is 1. The van der Waals surface area contributed by atoms with Crippen LogP contribution in [-0.2, 0) is 9.16 Å². The molecule has 1 aliphatic rings. The van der Waals surface area contributed by atoms with Gasteiger partial charge in [0.1, 0.15) is 17.4 Å². The minimum absolute atomic E-state index is 0.0950. The van der Waals surface area contributed by atoms with E-state index >= 15 is 0 Å². The molecule has 0 bridgehead atoms. The molecule has 4 N–H and O–H groups in total. The first-order valence-corrected chi connectivity index (χ1v) is 13.8. The number of rotatable bonds is 5. The SMILES string of the molecule is Cc1[nH]c(C(=O)N[C@@H](C)[C@]2(O)CC(O)O[C@H](C)[C@H]2O[Si](C)(C)C(C)(C)C)c(Cl)c1Cl. The normalized spacial score (nSPS) is 29.0. The van der Waals surface area contributed by atoms with E-state index in [-0.39, 0.29) is 27.2 Å². The summed E-state index contributed by atoms with van der Waals surface area (Å²) in [5.41, 5.74) is -0.857. The molecule has 1 unspecified atom stereocenters. The number of amides is 1. The lowest BCUT2D eigenvalue weighted by molar-refractivity contribution is -0.263. The van der Waals surface area contributed by atoms with Gasteiger partial charge < -0.3 is 29.7 Å². The maximum atomic E-state index is 12.8. The van der Waals surface area contributed by atoms with Crippen molar-refractivity contribution in [3.05, 3.63) is 21.4 Å². The summed E-state index contributed by atoms with van der Waals surface area (Å²) in [4.78, 5) is 15.7. The van der Waals surface area contributed by atoms with Crippen molar-refractivity contribution in [2.45, 2.75) is 96.2 Å². The number of aromatic amines is 1. The first-order chi connectivity index (χ1) is 13.5. The average Bonchev–Trinajstić information content (AvgIpc) is 2.84. The maximum absolute atomic E-state index is 12.8. The van der Waals surface area contributed by atoms with Crippen LogP contribution in [0, 0.1) is 6.92 Å². The third kappa shape index (κ3) is 4.90. The van der Waals surface area contributed by atoms with Gasteiger partial charge in [-0.3, -0.25) is 4.79 Å². The molecule has 1 aromatic rings. The monoisotopic (exact) mass is 480 g/mol. The van der Waals surface area contributed by atoms with Gasteiger partial charge in [0.2, 0.25) is 0 Å². The molecule has 1 aliphatic heterocycles. The third-order valence-electron chi connectivity index (χ3n) is 6.40. The van der Waals surface area contributed by atoms with Gasteiger partial charge in [-0.15, -0.1) is 0 Å². The van der Waals surface area contributed by atoms with Crippen LogP contribution in [0.3, 0.4) is 0 Å². The molecular weight excluding hydrogens is 447 g/mol. The molecule has 0 aromatic carbocycles. The van der Waals surface area contributed by atoms with Gasteiger partial charge in [0.15, 0.2) is 14.6 Å². The molecule has 1 saturated heterocycles. The molecule has 10 heteroatoms. The van der Waals surface area contributed by atoms with Crippen molar-refractivity contribution in [3.63, 3.8) is 0 Å². The Kier molecular flexibility index (Phi) is 7.46. The van der Waals surface area contributed by atoms with Gasteiger partial charge in [0, 0.05) is 12.1 Å². The Labute approximate surface area is 189 Å². The number of aliphatic hydroxyl groups excluding tert-OH is 1. The van der Waals surface area contributed by atoms with Crippen molar-refractivity contribution >= 4 is 37.4 Å². The number of aromatic nitrogens is 1. The van der Waals surface area contributed by atoms with Crippen molar-refractivity contribution < 1.29 is 24.2 Å². The zero-order chi connectivity index (χ0) is 23.2. The van der Waals surface area contributed by atoms with Crippen molar-refractivity contribution in [2.75, 3.05) is 0 Å². The van der Waals surface area contributed by atoms with Crippen LogP contribution in [0.5, 0.6) is 0 Å². The highest BCUT2D eigenvalue weighted by Crippen LogP contribution is 2.42. The van der Waals surface area contributed by atoms with Crippen LogP contribution in [0.1, 0.15) is 57.2 Å². The predicted octanol–water partition coefficient (Wildman–Crippen LogP) is 4.00. The Bertz CT molecular complexity index is 795. The summed E-state index contributed by atoms with van der Waals surface area (Å²) in [6, 6.07) is -0.765. The fourth-order valence-corrected chi connectivity index (χ4v) is 5.21. The van der Waals surface area contributed by atoms with E-state index in [4.69, 9.17) is 32.4 Å². The molecule has 0 aliphatic carbocycles.